The van der Waals surface area contributed by atoms with Crippen molar-refractivity contribution in [1.29, 1.82) is 0 Å². The van der Waals surface area contributed by atoms with Gasteiger partial charge in [0.2, 0.25) is 5.91 Å². The van der Waals surface area contributed by atoms with E-state index in [1.54, 1.807) is 6.07 Å². The molecule has 102 valence electrons. The van der Waals surface area contributed by atoms with Crippen molar-refractivity contribution in [2.24, 2.45) is 0 Å². The van der Waals surface area contributed by atoms with Crippen molar-refractivity contribution < 1.29 is 13.9 Å². The number of nitrogens with one attached hydrogen (secondary N) is 1. The quantitative estimate of drug-likeness (QED) is 0.887. The van der Waals surface area contributed by atoms with Gasteiger partial charge in [0.05, 0.1) is 7.11 Å². The van der Waals surface area contributed by atoms with Crippen LogP contribution >= 0.6 is 0 Å². The fraction of sp³-hybridized carbons (Fsp3) is 0.400. The number of fused-ring (bicyclic) bond motifs is 1. The summed E-state index contributed by atoms with van der Waals surface area (Å²) >= 11 is 0. The standard InChI is InChI=1S/C15H18FNO2/c1-3-15(18)17-7-6-10-4-5-11-8-13(16)14(19-2)9-12(10)11/h4,8-9H,3,5-7H2,1-2H3,(H,17,18). The fourth-order valence-electron chi connectivity index (χ4n) is 2.26. The molecule has 0 radical (unpaired) electrons. The summed E-state index contributed by atoms with van der Waals surface area (Å²) in [7, 11) is 1.46. The summed E-state index contributed by atoms with van der Waals surface area (Å²) in [6.07, 6.45) is 4.08. The van der Waals surface area contributed by atoms with Crippen molar-refractivity contribution >= 4 is 11.5 Å². The van der Waals surface area contributed by atoms with E-state index in [9.17, 15) is 9.18 Å². The lowest BCUT2D eigenvalue weighted by atomic mass is 10.0. The van der Waals surface area contributed by atoms with Gasteiger partial charge in [-0.3, -0.25) is 4.79 Å². The molecule has 19 heavy (non-hydrogen) atoms. The van der Waals surface area contributed by atoms with E-state index >= 15 is 0 Å². The van der Waals surface area contributed by atoms with E-state index in [1.807, 2.05) is 6.92 Å². The number of rotatable bonds is 5. The summed E-state index contributed by atoms with van der Waals surface area (Å²) in [6.45, 7) is 2.44. The van der Waals surface area contributed by atoms with Gasteiger partial charge in [-0.25, -0.2) is 4.39 Å². The Labute approximate surface area is 112 Å². The lowest BCUT2D eigenvalue weighted by molar-refractivity contribution is -0.120. The summed E-state index contributed by atoms with van der Waals surface area (Å²) in [5.74, 6) is -0.00478. The lowest BCUT2D eigenvalue weighted by Crippen LogP contribution is -2.23. The van der Waals surface area contributed by atoms with Gasteiger partial charge in [0.15, 0.2) is 11.6 Å². The van der Waals surface area contributed by atoms with Gasteiger partial charge in [0.25, 0.3) is 0 Å². The van der Waals surface area contributed by atoms with Crippen LogP contribution in [-0.2, 0) is 11.2 Å². The zero-order chi connectivity index (χ0) is 13.8. The van der Waals surface area contributed by atoms with Gasteiger partial charge in [-0.1, -0.05) is 13.0 Å². The zero-order valence-electron chi connectivity index (χ0n) is 11.3. The molecule has 3 nitrogen and oxygen atoms in total. The van der Waals surface area contributed by atoms with Crippen LogP contribution in [-0.4, -0.2) is 19.6 Å². The van der Waals surface area contributed by atoms with Crippen molar-refractivity contribution in [3.63, 3.8) is 0 Å². The van der Waals surface area contributed by atoms with Crippen LogP contribution in [0.25, 0.3) is 5.57 Å². The second kappa shape index (κ2) is 5.87. The molecule has 0 fully saturated rings. The van der Waals surface area contributed by atoms with Gasteiger partial charge >= 0.3 is 0 Å². The summed E-state index contributed by atoms with van der Waals surface area (Å²) in [5, 5.41) is 2.84. The van der Waals surface area contributed by atoms with E-state index in [2.05, 4.69) is 11.4 Å². The number of hydrogen-bond donors (Lipinski definition) is 1. The second-order valence-corrected chi connectivity index (χ2v) is 4.53. The molecule has 1 aromatic carbocycles. The minimum Gasteiger partial charge on any atom is -0.494 e. The van der Waals surface area contributed by atoms with Crippen molar-refractivity contribution in [3.05, 3.63) is 35.2 Å². The first-order chi connectivity index (χ1) is 9.15. The van der Waals surface area contributed by atoms with E-state index in [-0.39, 0.29) is 17.5 Å². The summed E-state index contributed by atoms with van der Waals surface area (Å²) in [5.41, 5.74) is 3.16. The minimum atomic E-state index is -0.324. The molecule has 1 N–H and O–H groups in total. The molecule has 0 unspecified atom stereocenters. The van der Waals surface area contributed by atoms with Crippen LogP contribution in [0.3, 0.4) is 0 Å². The second-order valence-electron chi connectivity index (χ2n) is 4.53. The Morgan fingerprint density at radius 1 is 1.47 bits per heavy atom. The molecule has 0 aliphatic heterocycles. The average molecular weight is 263 g/mol. The van der Waals surface area contributed by atoms with E-state index in [4.69, 9.17) is 4.74 Å². The van der Waals surface area contributed by atoms with Gasteiger partial charge in [-0.05, 0) is 41.7 Å². The average Bonchev–Trinajstić information content (AvgIpc) is 2.79. The first kappa shape index (κ1) is 13.6. The van der Waals surface area contributed by atoms with E-state index in [0.29, 0.717) is 13.0 Å². The maximum atomic E-state index is 13.6. The van der Waals surface area contributed by atoms with Crippen molar-refractivity contribution in [2.45, 2.75) is 26.2 Å². The molecule has 1 aliphatic rings. The highest BCUT2D eigenvalue weighted by Crippen LogP contribution is 2.34. The zero-order valence-corrected chi connectivity index (χ0v) is 11.3. The largest absolute Gasteiger partial charge is 0.494 e. The van der Waals surface area contributed by atoms with Crippen molar-refractivity contribution in [3.8, 4) is 5.75 Å². The Hall–Kier alpha value is -1.84. The van der Waals surface area contributed by atoms with Crippen LogP contribution < -0.4 is 10.1 Å². The highest BCUT2D eigenvalue weighted by molar-refractivity contribution is 5.77. The number of carbonyl (C=O) groups is 1. The fourth-order valence-corrected chi connectivity index (χ4v) is 2.26. The third-order valence-electron chi connectivity index (χ3n) is 3.33. The number of amides is 1. The third-order valence-corrected chi connectivity index (χ3v) is 3.33. The SMILES string of the molecule is CCC(=O)NCCC1=CCc2cc(F)c(OC)cc21. The van der Waals surface area contributed by atoms with Crippen LogP contribution in [0, 0.1) is 5.82 Å². The number of methoxy groups -OCH3 is 1. The minimum absolute atomic E-state index is 0.0514. The molecule has 0 aromatic heterocycles. The molecule has 0 spiro atoms. The number of hydrogen-bond acceptors (Lipinski definition) is 2. The Kier molecular flexibility index (Phi) is 4.20. The van der Waals surface area contributed by atoms with Gasteiger partial charge in [0.1, 0.15) is 0 Å². The predicted molar refractivity (Wildman–Crippen MR) is 72.6 cm³/mol. The van der Waals surface area contributed by atoms with Gasteiger partial charge in [0, 0.05) is 13.0 Å². The van der Waals surface area contributed by atoms with Crippen LogP contribution in [0.15, 0.2) is 18.2 Å². The van der Waals surface area contributed by atoms with Crippen molar-refractivity contribution in [2.75, 3.05) is 13.7 Å². The highest BCUT2D eigenvalue weighted by atomic mass is 19.1. The number of carbonyl (C=O) groups excluding carboxylic acids is 1. The number of benzene rings is 1. The monoisotopic (exact) mass is 263 g/mol. The van der Waals surface area contributed by atoms with Crippen molar-refractivity contribution in [1.82, 2.24) is 5.32 Å². The Balaban J connectivity index is 2.06. The maximum absolute atomic E-state index is 13.6. The topological polar surface area (TPSA) is 38.3 Å². The van der Waals surface area contributed by atoms with Gasteiger partial charge in [-0.2, -0.15) is 0 Å². The first-order valence-corrected chi connectivity index (χ1v) is 6.48. The van der Waals surface area contributed by atoms with Crippen LogP contribution in [0.2, 0.25) is 0 Å². The highest BCUT2D eigenvalue weighted by Gasteiger charge is 2.17. The summed E-state index contributed by atoms with van der Waals surface area (Å²) in [4.78, 5) is 11.2. The molecule has 2 rings (SSSR count). The molecule has 0 atom stereocenters. The van der Waals surface area contributed by atoms with E-state index < -0.39 is 0 Å². The van der Waals surface area contributed by atoms with Gasteiger partial charge in [-0.15, -0.1) is 0 Å². The van der Waals surface area contributed by atoms with Crippen LogP contribution in [0.4, 0.5) is 4.39 Å². The molecular formula is C15H18FNO2. The number of ether oxygens (including phenoxy) is 1. The van der Waals surface area contributed by atoms with Crippen LogP contribution in [0.1, 0.15) is 30.9 Å². The molecule has 1 amide bonds. The molecule has 0 saturated carbocycles. The summed E-state index contributed by atoms with van der Waals surface area (Å²) < 4.78 is 18.6. The smallest absolute Gasteiger partial charge is 0.219 e. The molecule has 0 saturated heterocycles. The molecule has 4 heteroatoms. The predicted octanol–water partition coefficient (Wildman–Crippen LogP) is 2.69. The first-order valence-electron chi connectivity index (χ1n) is 6.48. The third kappa shape index (κ3) is 2.95. The molecular weight excluding hydrogens is 245 g/mol. The van der Waals surface area contributed by atoms with E-state index in [1.165, 1.54) is 13.2 Å². The molecule has 0 heterocycles. The molecule has 1 aliphatic carbocycles. The normalized spacial score (nSPS) is 12.9. The Bertz CT molecular complexity index is 523. The van der Waals surface area contributed by atoms with Crippen LogP contribution in [0.5, 0.6) is 5.75 Å². The van der Waals surface area contributed by atoms with Gasteiger partial charge < -0.3 is 10.1 Å². The molecule has 1 aromatic rings. The number of allylic oxidation sites excluding steroid dienone is 1. The Morgan fingerprint density at radius 2 is 2.26 bits per heavy atom. The summed E-state index contributed by atoms with van der Waals surface area (Å²) in [6, 6.07) is 3.27. The number of halogens is 1. The maximum Gasteiger partial charge on any atom is 0.219 e. The lowest BCUT2D eigenvalue weighted by Gasteiger charge is -2.10. The van der Waals surface area contributed by atoms with E-state index in [0.717, 1.165) is 29.5 Å². The Morgan fingerprint density at radius 3 is 2.95 bits per heavy atom. The molecule has 0 bridgehead atoms.